The van der Waals surface area contributed by atoms with Gasteiger partial charge in [-0.1, -0.05) is 11.6 Å². The number of benzene rings is 1. The second kappa shape index (κ2) is 7.85. The molecule has 0 bridgehead atoms. The number of sulfone groups is 1. The van der Waals surface area contributed by atoms with Crippen LogP contribution in [0.2, 0.25) is 5.02 Å². The molecule has 13 heteroatoms. The lowest BCUT2D eigenvalue weighted by atomic mass is 10.1. The van der Waals surface area contributed by atoms with Crippen molar-refractivity contribution < 1.29 is 30.8 Å². The van der Waals surface area contributed by atoms with Gasteiger partial charge in [0.2, 0.25) is 0 Å². The molecule has 0 spiro atoms. The molecule has 0 unspecified atom stereocenters. The van der Waals surface area contributed by atoms with Crippen LogP contribution in [0.1, 0.15) is 16.2 Å². The molecule has 1 amide bonds. The second-order valence-corrected chi connectivity index (χ2v) is 9.62. The van der Waals surface area contributed by atoms with Crippen LogP contribution in [0.3, 0.4) is 0 Å². The van der Waals surface area contributed by atoms with Gasteiger partial charge in [-0.15, -0.1) is 0 Å². The van der Waals surface area contributed by atoms with E-state index in [0.717, 1.165) is 34.0 Å². The summed E-state index contributed by atoms with van der Waals surface area (Å²) in [5.41, 5.74) is -1.26. The van der Waals surface area contributed by atoms with Crippen molar-refractivity contribution in [3.05, 3.63) is 64.8 Å². The zero-order valence-corrected chi connectivity index (χ0v) is 17.5. The topological polar surface area (TPSA) is 85.2 Å². The first kappa shape index (κ1) is 22.2. The molecule has 0 saturated carbocycles. The minimum absolute atomic E-state index is 0.0250. The maximum absolute atomic E-state index is 13.9. The predicted octanol–water partition coefficient (Wildman–Crippen LogP) is 3.57. The molecule has 3 heterocycles. The Morgan fingerprint density at radius 3 is 2.50 bits per heavy atom. The Hall–Kier alpha value is -2.99. The van der Waals surface area contributed by atoms with Gasteiger partial charge in [0.15, 0.2) is 15.5 Å². The fraction of sp³-hybridized carbons (Fsp3) is 0.211. The number of pyridine rings is 1. The number of alkyl halides is 3. The molecular weight excluding hydrogens is 476 g/mol. The Morgan fingerprint density at radius 1 is 1.12 bits per heavy atom. The summed E-state index contributed by atoms with van der Waals surface area (Å²) >= 11 is 5.92. The second-order valence-electron chi connectivity index (χ2n) is 7.03. The highest BCUT2D eigenvalue weighted by Crippen LogP contribution is 2.31. The van der Waals surface area contributed by atoms with Gasteiger partial charge >= 0.3 is 6.18 Å². The van der Waals surface area contributed by atoms with Crippen molar-refractivity contribution in [3.8, 4) is 16.9 Å². The molecule has 1 fully saturated rings. The van der Waals surface area contributed by atoms with E-state index in [9.17, 15) is 30.8 Å². The summed E-state index contributed by atoms with van der Waals surface area (Å²) < 4.78 is 77.8. The number of carbonyl (C=O) groups is 1. The van der Waals surface area contributed by atoms with E-state index in [0.29, 0.717) is 0 Å². The quantitative estimate of drug-likeness (QED) is 0.526. The van der Waals surface area contributed by atoms with Crippen molar-refractivity contribution in [2.75, 3.05) is 18.2 Å². The number of rotatable bonds is 3. The minimum Gasteiger partial charge on any atom is -0.322 e. The molecule has 1 aliphatic rings. The molecule has 3 aromatic rings. The average molecular weight is 489 g/mol. The molecule has 32 heavy (non-hydrogen) atoms. The van der Waals surface area contributed by atoms with E-state index in [1.807, 2.05) is 0 Å². The van der Waals surface area contributed by atoms with Gasteiger partial charge in [0.05, 0.1) is 17.1 Å². The van der Waals surface area contributed by atoms with Crippen molar-refractivity contribution in [1.29, 1.82) is 0 Å². The van der Waals surface area contributed by atoms with Crippen LogP contribution in [-0.2, 0) is 16.0 Å². The highest BCUT2D eigenvalue weighted by Gasteiger charge is 2.34. The van der Waals surface area contributed by atoms with E-state index in [1.165, 1.54) is 18.2 Å². The summed E-state index contributed by atoms with van der Waals surface area (Å²) in [7, 11) is -3.42. The average Bonchev–Trinajstić information content (AvgIpc) is 3.30. The lowest BCUT2D eigenvalue weighted by Gasteiger charge is -2.12. The Balaban J connectivity index is 1.86. The highest BCUT2D eigenvalue weighted by atomic mass is 35.5. The van der Waals surface area contributed by atoms with E-state index < -0.39 is 39.3 Å². The molecular formula is C19H13ClF4N4O3S. The van der Waals surface area contributed by atoms with Crippen LogP contribution in [-0.4, -0.2) is 52.2 Å². The van der Waals surface area contributed by atoms with Gasteiger partial charge < -0.3 is 4.90 Å². The third kappa shape index (κ3) is 4.46. The minimum atomic E-state index is -4.73. The normalized spacial score (nSPS) is 15.8. The zero-order valence-electron chi connectivity index (χ0n) is 16.0. The van der Waals surface area contributed by atoms with Gasteiger partial charge in [-0.2, -0.15) is 18.3 Å². The molecule has 0 N–H and O–H groups in total. The van der Waals surface area contributed by atoms with Crippen molar-refractivity contribution in [1.82, 2.24) is 19.7 Å². The molecule has 0 aliphatic carbocycles. The van der Waals surface area contributed by atoms with Gasteiger partial charge in [-0.05, 0) is 36.4 Å². The smallest absolute Gasteiger partial charge is 0.322 e. The van der Waals surface area contributed by atoms with Gasteiger partial charge in [0.1, 0.15) is 17.4 Å². The Kier molecular flexibility index (Phi) is 5.45. The first-order chi connectivity index (χ1) is 14.9. The van der Waals surface area contributed by atoms with Crippen LogP contribution in [0, 0.1) is 5.82 Å². The number of carbonyl (C=O) groups excluding carboxylic acids is 1. The van der Waals surface area contributed by atoms with Crippen LogP contribution in [0.4, 0.5) is 17.6 Å². The summed E-state index contributed by atoms with van der Waals surface area (Å²) in [4.78, 5) is 17.2. The van der Waals surface area contributed by atoms with E-state index in [1.54, 1.807) is 0 Å². The molecule has 0 atom stereocenters. The fourth-order valence-electron chi connectivity index (χ4n) is 3.23. The lowest BCUT2D eigenvalue weighted by Crippen LogP contribution is -2.29. The van der Waals surface area contributed by atoms with Crippen LogP contribution < -0.4 is 0 Å². The zero-order chi connectivity index (χ0) is 23.3. The molecule has 1 saturated heterocycles. The number of halogens is 5. The number of hydrogen-bond donors (Lipinski definition) is 0. The van der Waals surface area contributed by atoms with Gasteiger partial charge in [-0.25, -0.2) is 17.5 Å². The molecule has 0 radical (unpaired) electrons. The molecule has 1 aromatic carbocycles. The van der Waals surface area contributed by atoms with Gasteiger partial charge in [-0.3, -0.25) is 9.78 Å². The highest BCUT2D eigenvalue weighted by molar-refractivity contribution is 7.91. The van der Waals surface area contributed by atoms with Crippen LogP contribution >= 0.6 is 11.6 Å². The standard InChI is InChI=1S/C19H13ClF4N4O3S/c20-12-5-11(6-13(21)7-12)16-9-15(18(29)27-3-4-32(30,31)10-27)26-28(16)14-1-2-25-17(8-14)19(22,23)24/h1-2,5-9H,3-4,10H2. The first-order valence-corrected chi connectivity index (χ1v) is 11.2. The third-order valence-electron chi connectivity index (χ3n) is 4.68. The monoisotopic (exact) mass is 488 g/mol. The summed E-state index contributed by atoms with van der Waals surface area (Å²) in [6.45, 7) is -0.0391. The molecule has 168 valence electrons. The number of amides is 1. The lowest BCUT2D eigenvalue weighted by molar-refractivity contribution is -0.141. The summed E-state index contributed by atoms with van der Waals surface area (Å²) in [6.07, 6.45) is -3.80. The van der Waals surface area contributed by atoms with Gasteiger partial charge in [0.25, 0.3) is 5.91 Å². The van der Waals surface area contributed by atoms with E-state index in [2.05, 4.69) is 10.1 Å². The van der Waals surface area contributed by atoms with Gasteiger partial charge in [0, 0.05) is 23.3 Å². The Bertz CT molecular complexity index is 1300. The molecule has 1 aliphatic heterocycles. The fourth-order valence-corrected chi connectivity index (χ4v) is 4.80. The molecule has 2 aromatic heterocycles. The van der Waals surface area contributed by atoms with Crippen LogP contribution in [0.5, 0.6) is 0 Å². The van der Waals surface area contributed by atoms with Crippen molar-refractivity contribution in [3.63, 3.8) is 0 Å². The first-order valence-electron chi connectivity index (χ1n) is 9.03. The summed E-state index contributed by atoms with van der Waals surface area (Å²) in [5.74, 6) is -2.12. The number of hydrogen-bond acceptors (Lipinski definition) is 5. The Morgan fingerprint density at radius 2 is 1.88 bits per heavy atom. The van der Waals surface area contributed by atoms with Crippen LogP contribution in [0.25, 0.3) is 16.9 Å². The van der Waals surface area contributed by atoms with E-state index in [-0.39, 0.29) is 40.0 Å². The third-order valence-corrected chi connectivity index (χ3v) is 6.41. The SMILES string of the molecule is O=C(c1cc(-c2cc(F)cc(Cl)c2)n(-c2ccnc(C(F)(F)F)c2)n1)N1CCS(=O)(=O)C1. The Labute approximate surface area is 184 Å². The largest absolute Gasteiger partial charge is 0.433 e. The predicted molar refractivity (Wildman–Crippen MR) is 106 cm³/mol. The maximum atomic E-state index is 13.9. The van der Waals surface area contributed by atoms with E-state index in [4.69, 9.17) is 11.6 Å². The molecule has 4 rings (SSSR count). The van der Waals surface area contributed by atoms with Crippen LogP contribution in [0.15, 0.2) is 42.6 Å². The van der Waals surface area contributed by atoms with Crippen molar-refractivity contribution in [2.45, 2.75) is 6.18 Å². The number of nitrogens with zero attached hydrogens (tertiary/aromatic N) is 4. The summed E-state index contributed by atoms with van der Waals surface area (Å²) in [6, 6.07) is 6.69. The van der Waals surface area contributed by atoms with E-state index >= 15 is 0 Å². The number of aromatic nitrogens is 3. The summed E-state index contributed by atoms with van der Waals surface area (Å²) in [5, 5.41) is 4.13. The van der Waals surface area contributed by atoms with Crippen molar-refractivity contribution in [2.24, 2.45) is 0 Å². The van der Waals surface area contributed by atoms with Crippen molar-refractivity contribution >= 4 is 27.3 Å². The maximum Gasteiger partial charge on any atom is 0.433 e. The molecule has 7 nitrogen and oxygen atoms in total.